The minimum Gasteiger partial charge on any atom is -0.494 e. The summed E-state index contributed by atoms with van der Waals surface area (Å²) in [6.45, 7) is 7.70. The smallest absolute Gasteiger partial charge is 0.291 e. The summed E-state index contributed by atoms with van der Waals surface area (Å²) in [6.07, 6.45) is 3.75. The van der Waals surface area contributed by atoms with Gasteiger partial charge in [0.25, 0.3) is 5.56 Å². The van der Waals surface area contributed by atoms with Gasteiger partial charge in [0.1, 0.15) is 5.75 Å². The van der Waals surface area contributed by atoms with Gasteiger partial charge < -0.3 is 14.2 Å². The first-order valence-corrected chi connectivity index (χ1v) is 12.3. The maximum absolute atomic E-state index is 12.9. The van der Waals surface area contributed by atoms with Crippen molar-refractivity contribution in [3.8, 4) is 28.6 Å². The summed E-state index contributed by atoms with van der Waals surface area (Å²) in [6, 6.07) is 13.2. The molecular weight excluding hydrogens is 450 g/mol. The molecular formula is C26H29N3O4S. The molecule has 4 rings (SSSR count). The molecule has 178 valence electrons. The number of benzene rings is 2. The lowest BCUT2D eigenvalue weighted by atomic mass is 10.1. The van der Waals surface area contributed by atoms with Gasteiger partial charge in [-0.05, 0) is 66.8 Å². The van der Waals surface area contributed by atoms with E-state index in [9.17, 15) is 4.79 Å². The summed E-state index contributed by atoms with van der Waals surface area (Å²) in [5.41, 5.74) is 1.48. The monoisotopic (exact) mass is 479 g/mol. The Bertz CT molecular complexity index is 1360. The fourth-order valence-corrected chi connectivity index (χ4v) is 4.23. The van der Waals surface area contributed by atoms with Crippen LogP contribution < -0.4 is 24.3 Å². The average Bonchev–Trinajstić information content (AvgIpc) is 3.37. The molecule has 34 heavy (non-hydrogen) atoms. The van der Waals surface area contributed by atoms with E-state index in [4.69, 9.17) is 14.2 Å². The molecule has 0 saturated heterocycles. The maximum atomic E-state index is 12.9. The van der Waals surface area contributed by atoms with E-state index in [0.29, 0.717) is 45.9 Å². The van der Waals surface area contributed by atoms with Gasteiger partial charge in [-0.1, -0.05) is 38.2 Å². The lowest BCUT2D eigenvalue weighted by molar-refractivity contribution is 0.273. The van der Waals surface area contributed by atoms with E-state index in [-0.39, 0.29) is 5.56 Å². The molecule has 8 heteroatoms. The second-order valence-electron chi connectivity index (χ2n) is 8.36. The van der Waals surface area contributed by atoms with E-state index < -0.39 is 0 Å². The van der Waals surface area contributed by atoms with Crippen molar-refractivity contribution < 1.29 is 14.2 Å². The Morgan fingerprint density at radius 3 is 2.53 bits per heavy atom. The molecule has 2 heterocycles. The Kier molecular flexibility index (Phi) is 7.47. The lowest BCUT2D eigenvalue weighted by Crippen LogP contribution is -2.23. The third-order valence-corrected chi connectivity index (χ3v) is 6.16. The van der Waals surface area contributed by atoms with E-state index in [0.717, 1.165) is 29.7 Å². The average molecular weight is 480 g/mol. The van der Waals surface area contributed by atoms with Crippen LogP contribution in [0.3, 0.4) is 0 Å². The normalized spacial score (nSPS) is 12.0. The number of thiazole rings is 1. The molecule has 0 fully saturated rings. The maximum Gasteiger partial charge on any atom is 0.291 e. The highest BCUT2D eigenvalue weighted by atomic mass is 32.1. The lowest BCUT2D eigenvalue weighted by Gasteiger charge is -2.12. The van der Waals surface area contributed by atoms with Crippen LogP contribution in [0, 0.1) is 5.92 Å². The van der Waals surface area contributed by atoms with Gasteiger partial charge in [0, 0.05) is 5.56 Å². The van der Waals surface area contributed by atoms with Crippen LogP contribution in [0.5, 0.6) is 17.2 Å². The van der Waals surface area contributed by atoms with Crippen molar-refractivity contribution in [3.05, 3.63) is 62.9 Å². The summed E-state index contributed by atoms with van der Waals surface area (Å²) < 4.78 is 18.9. The van der Waals surface area contributed by atoms with E-state index in [1.165, 1.54) is 15.9 Å². The number of hydrogen-bond donors (Lipinski definition) is 0. The Hall–Kier alpha value is -3.39. The molecule has 0 radical (unpaired) electrons. The van der Waals surface area contributed by atoms with Crippen molar-refractivity contribution in [1.82, 2.24) is 14.6 Å². The molecule has 0 aliphatic rings. The molecule has 0 amide bonds. The molecule has 2 aromatic heterocycles. The zero-order valence-corrected chi connectivity index (χ0v) is 20.7. The van der Waals surface area contributed by atoms with Crippen molar-refractivity contribution in [3.63, 3.8) is 0 Å². The van der Waals surface area contributed by atoms with Crippen LogP contribution in [0.2, 0.25) is 0 Å². The molecule has 0 unspecified atom stereocenters. The van der Waals surface area contributed by atoms with Gasteiger partial charge in [0.2, 0.25) is 4.96 Å². The Labute approximate surface area is 202 Å². The van der Waals surface area contributed by atoms with Crippen molar-refractivity contribution in [2.24, 2.45) is 5.92 Å². The van der Waals surface area contributed by atoms with Gasteiger partial charge in [0.05, 0.1) is 24.9 Å². The van der Waals surface area contributed by atoms with Gasteiger partial charge in [-0.25, -0.2) is 0 Å². The van der Waals surface area contributed by atoms with Crippen LogP contribution in [0.15, 0.2) is 47.3 Å². The summed E-state index contributed by atoms with van der Waals surface area (Å²) in [5.74, 6) is 3.22. The largest absolute Gasteiger partial charge is 0.494 e. The van der Waals surface area contributed by atoms with Crippen LogP contribution in [0.25, 0.3) is 22.4 Å². The highest BCUT2D eigenvalue weighted by Gasteiger charge is 2.13. The summed E-state index contributed by atoms with van der Waals surface area (Å²) >= 11 is 1.31. The third-order valence-electron chi connectivity index (χ3n) is 5.21. The van der Waals surface area contributed by atoms with E-state index in [2.05, 4.69) is 30.9 Å². The Balaban J connectivity index is 1.57. The summed E-state index contributed by atoms with van der Waals surface area (Å²) in [4.78, 5) is 18.1. The van der Waals surface area contributed by atoms with Gasteiger partial charge in [-0.15, -0.1) is 5.10 Å². The van der Waals surface area contributed by atoms with Gasteiger partial charge >= 0.3 is 0 Å². The van der Waals surface area contributed by atoms with Crippen LogP contribution >= 0.6 is 11.3 Å². The topological polar surface area (TPSA) is 75.0 Å². The number of ether oxygens (including phenoxy) is 3. The minimum atomic E-state index is -0.196. The fourth-order valence-electron chi connectivity index (χ4n) is 3.33. The van der Waals surface area contributed by atoms with Crippen molar-refractivity contribution in [2.75, 3.05) is 20.3 Å². The van der Waals surface area contributed by atoms with Crippen molar-refractivity contribution in [2.45, 2.75) is 33.6 Å². The zero-order valence-electron chi connectivity index (χ0n) is 19.9. The van der Waals surface area contributed by atoms with Crippen LogP contribution in [-0.2, 0) is 0 Å². The fraction of sp³-hybridized carbons (Fsp3) is 0.346. The first kappa shape index (κ1) is 23.8. The Morgan fingerprint density at radius 1 is 1.06 bits per heavy atom. The highest BCUT2D eigenvalue weighted by molar-refractivity contribution is 7.15. The molecule has 4 aromatic rings. The van der Waals surface area contributed by atoms with Gasteiger partial charge in [0.15, 0.2) is 17.3 Å². The molecule has 0 aliphatic carbocycles. The summed E-state index contributed by atoms with van der Waals surface area (Å²) in [7, 11) is 1.61. The SMILES string of the molecule is CCCOc1ccc(-c2nc3s/c(=C\c4ccc(OCCC(C)C)c(OC)c4)c(=O)n3n2)cc1. The summed E-state index contributed by atoms with van der Waals surface area (Å²) in [5, 5.41) is 4.43. The van der Waals surface area contributed by atoms with Crippen molar-refractivity contribution >= 4 is 22.4 Å². The molecule has 0 saturated carbocycles. The van der Waals surface area contributed by atoms with Crippen LogP contribution in [0.1, 0.15) is 39.2 Å². The predicted octanol–water partition coefficient (Wildman–Crippen LogP) is 4.59. The molecule has 0 aliphatic heterocycles. The number of rotatable bonds is 10. The quantitative estimate of drug-likeness (QED) is 0.331. The molecule has 0 atom stereocenters. The van der Waals surface area contributed by atoms with E-state index in [1.54, 1.807) is 7.11 Å². The number of hydrogen-bond acceptors (Lipinski definition) is 7. The molecule has 2 aromatic carbocycles. The first-order valence-electron chi connectivity index (χ1n) is 11.4. The van der Waals surface area contributed by atoms with Crippen molar-refractivity contribution in [1.29, 1.82) is 0 Å². The molecule has 0 N–H and O–H groups in total. The molecule has 0 spiro atoms. The highest BCUT2D eigenvalue weighted by Crippen LogP contribution is 2.29. The Morgan fingerprint density at radius 2 is 1.85 bits per heavy atom. The standard InChI is InChI=1S/C26H29N3O4S/c1-5-13-32-20-9-7-19(8-10-20)24-27-26-29(28-24)25(30)23(34-26)16-18-6-11-21(22(15-18)31-4)33-14-12-17(2)3/h6-11,15-17H,5,12-14H2,1-4H3/b23-16-. The molecule has 7 nitrogen and oxygen atoms in total. The number of aromatic nitrogens is 3. The number of fused-ring (bicyclic) bond motifs is 1. The third kappa shape index (κ3) is 5.39. The number of methoxy groups -OCH3 is 1. The predicted molar refractivity (Wildman–Crippen MR) is 135 cm³/mol. The minimum absolute atomic E-state index is 0.196. The zero-order chi connectivity index (χ0) is 24.1. The van der Waals surface area contributed by atoms with Crippen LogP contribution in [-0.4, -0.2) is 34.9 Å². The first-order chi connectivity index (χ1) is 16.5. The second-order valence-corrected chi connectivity index (χ2v) is 9.37. The second kappa shape index (κ2) is 10.7. The van der Waals surface area contributed by atoms with Gasteiger partial charge in [-0.2, -0.15) is 9.50 Å². The van der Waals surface area contributed by atoms with E-state index >= 15 is 0 Å². The van der Waals surface area contributed by atoms with Crippen LogP contribution in [0.4, 0.5) is 0 Å². The molecule has 0 bridgehead atoms. The van der Waals surface area contributed by atoms with E-state index in [1.807, 2.05) is 48.5 Å². The van der Waals surface area contributed by atoms with Gasteiger partial charge in [-0.3, -0.25) is 4.79 Å². The number of nitrogens with zero attached hydrogens (tertiary/aromatic N) is 3.